The Kier molecular flexibility index (Phi) is 3.44. The summed E-state index contributed by atoms with van der Waals surface area (Å²) in [4.78, 5) is 2.58. The van der Waals surface area contributed by atoms with E-state index in [4.69, 9.17) is 0 Å². The second kappa shape index (κ2) is 5.19. The van der Waals surface area contributed by atoms with Crippen molar-refractivity contribution in [1.29, 1.82) is 0 Å². The smallest absolute Gasteiger partial charge is 0.0237 e. The van der Waals surface area contributed by atoms with E-state index in [1.165, 1.54) is 32.4 Å². The number of nitrogens with one attached hydrogen (secondary N) is 1. The molecule has 1 saturated heterocycles. The van der Waals surface area contributed by atoms with E-state index in [2.05, 4.69) is 34.5 Å². The van der Waals surface area contributed by atoms with Gasteiger partial charge in [0.25, 0.3) is 0 Å². The Bertz CT molecular complexity index is 365. The molecule has 1 aromatic rings. The van der Waals surface area contributed by atoms with E-state index in [0.29, 0.717) is 0 Å². The minimum atomic E-state index is 0.856. The highest BCUT2D eigenvalue weighted by atomic mass is 15.2. The molecule has 0 aromatic heterocycles. The first kappa shape index (κ1) is 11.2. The summed E-state index contributed by atoms with van der Waals surface area (Å²) in [5.74, 6) is 0.856. The molecule has 1 aromatic carbocycles. The number of rotatable bonds is 3. The molecule has 1 aliphatic carbocycles. The van der Waals surface area contributed by atoms with Crippen molar-refractivity contribution < 1.29 is 0 Å². The van der Waals surface area contributed by atoms with Crippen molar-refractivity contribution in [3.63, 3.8) is 0 Å². The molecule has 1 saturated carbocycles. The summed E-state index contributed by atoms with van der Waals surface area (Å²) in [5, 5.41) is 3.42. The van der Waals surface area contributed by atoms with Crippen molar-refractivity contribution in [2.75, 3.05) is 26.2 Å². The Morgan fingerprint density at radius 1 is 1.12 bits per heavy atom. The van der Waals surface area contributed by atoms with Crippen LogP contribution in [-0.2, 0) is 6.54 Å². The van der Waals surface area contributed by atoms with Gasteiger partial charge in [0.05, 0.1) is 0 Å². The van der Waals surface area contributed by atoms with Gasteiger partial charge in [-0.1, -0.05) is 30.7 Å². The molecule has 0 unspecified atom stereocenters. The average Bonchev–Trinajstić information content (AvgIpc) is 2.31. The van der Waals surface area contributed by atoms with Gasteiger partial charge in [-0.05, 0) is 29.9 Å². The minimum Gasteiger partial charge on any atom is -0.314 e. The number of piperazine rings is 1. The lowest BCUT2D eigenvalue weighted by molar-refractivity contribution is 0.231. The van der Waals surface area contributed by atoms with Crippen LogP contribution in [0.3, 0.4) is 0 Å². The van der Waals surface area contributed by atoms with Gasteiger partial charge in [-0.15, -0.1) is 0 Å². The molecule has 3 rings (SSSR count). The summed E-state index contributed by atoms with van der Waals surface area (Å²) in [6.45, 7) is 5.82. The standard InChI is InChI=1S/C15H22N2/c1-2-7-15(13-5-3-6-13)14(4-1)12-17-10-8-16-9-11-17/h1-2,4,7,13,16H,3,5-6,8-12H2. The fourth-order valence-corrected chi connectivity index (χ4v) is 2.91. The molecular formula is C15H22N2. The molecule has 1 aliphatic heterocycles. The lowest BCUT2D eigenvalue weighted by Crippen LogP contribution is -2.43. The van der Waals surface area contributed by atoms with Gasteiger partial charge in [-0.3, -0.25) is 4.90 Å². The van der Waals surface area contributed by atoms with E-state index in [0.717, 1.165) is 25.6 Å². The van der Waals surface area contributed by atoms with Crippen LogP contribution in [0.1, 0.15) is 36.3 Å². The fraction of sp³-hybridized carbons (Fsp3) is 0.600. The first-order valence-electron chi connectivity index (χ1n) is 6.94. The molecule has 0 amide bonds. The fourth-order valence-electron chi connectivity index (χ4n) is 2.91. The van der Waals surface area contributed by atoms with Crippen molar-refractivity contribution in [2.45, 2.75) is 31.7 Å². The lowest BCUT2D eigenvalue weighted by Gasteiger charge is -2.31. The normalized spacial score (nSPS) is 22.4. The Morgan fingerprint density at radius 2 is 1.88 bits per heavy atom. The molecule has 17 heavy (non-hydrogen) atoms. The Morgan fingerprint density at radius 3 is 2.59 bits per heavy atom. The minimum absolute atomic E-state index is 0.856. The summed E-state index contributed by atoms with van der Waals surface area (Å²) in [6.07, 6.45) is 4.23. The summed E-state index contributed by atoms with van der Waals surface area (Å²) in [6, 6.07) is 9.08. The maximum Gasteiger partial charge on any atom is 0.0237 e. The Hall–Kier alpha value is -0.860. The van der Waals surface area contributed by atoms with E-state index < -0.39 is 0 Å². The lowest BCUT2D eigenvalue weighted by atomic mass is 9.78. The first-order chi connectivity index (χ1) is 8.43. The Balaban J connectivity index is 1.72. The van der Waals surface area contributed by atoms with Crippen LogP contribution in [0.15, 0.2) is 24.3 Å². The molecule has 2 aliphatic rings. The van der Waals surface area contributed by atoms with Gasteiger partial charge < -0.3 is 5.32 Å². The third-order valence-electron chi connectivity index (χ3n) is 4.20. The van der Waals surface area contributed by atoms with Crippen LogP contribution < -0.4 is 5.32 Å². The van der Waals surface area contributed by atoms with Gasteiger partial charge in [0, 0.05) is 32.7 Å². The zero-order valence-electron chi connectivity index (χ0n) is 10.5. The molecule has 0 bridgehead atoms. The molecule has 0 spiro atoms. The van der Waals surface area contributed by atoms with Crippen LogP contribution in [0.5, 0.6) is 0 Å². The summed E-state index contributed by atoms with van der Waals surface area (Å²) >= 11 is 0. The van der Waals surface area contributed by atoms with Gasteiger partial charge in [0.2, 0.25) is 0 Å². The second-order valence-electron chi connectivity index (χ2n) is 5.35. The van der Waals surface area contributed by atoms with Gasteiger partial charge in [-0.2, -0.15) is 0 Å². The van der Waals surface area contributed by atoms with Crippen LogP contribution in [0.4, 0.5) is 0 Å². The zero-order chi connectivity index (χ0) is 11.5. The van der Waals surface area contributed by atoms with Crippen molar-refractivity contribution in [3.8, 4) is 0 Å². The quantitative estimate of drug-likeness (QED) is 0.857. The van der Waals surface area contributed by atoms with Crippen LogP contribution in [-0.4, -0.2) is 31.1 Å². The van der Waals surface area contributed by atoms with Crippen molar-refractivity contribution in [3.05, 3.63) is 35.4 Å². The van der Waals surface area contributed by atoms with Crippen molar-refractivity contribution in [1.82, 2.24) is 10.2 Å². The number of hydrogen-bond acceptors (Lipinski definition) is 2. The molecule has 2 nitrogen and oxygen atoms in total. The molecule has 0 radical (unpaired) electrons. The van der Waals surface area contributed by atoms with E-state index >= 15 is 0 Å². The topological polar surface area (TPSA) is 15.3 Å². The van der Waals surface area contributed by atoms with Gasteiger partial charge in [0.1, 0.15) is 0 Å². The van der Waals surface area contributed by atoms with Crippen LogP contribution in [0, 0.1) is 0 Å². The molecule has 92 valence electrons. The third-order valence-corrected chi connectivity index (χ3v) is 4.20. The monoisotopic (exact) mass is 230 g/mol. The predicted octanol–water partition coefficient (Wildman–Crippen LogP) is 2.36. The van der Waals surface area contributed by atoms with Gasteiger partial charge >= 0.3 is 0 Å². The molecule has 2 fully saturated rings. The number of benzene rings is 1. The molecule has 1 N–H and O–H groups in total. The summed E-state index contributed by atoms with van der Waals surface area (Å²) in [5.41, 5.74) is 3.19. The SMILES string of the molecule is c1ccc(C2CCC2)c(CN2CCNCC2)c1. The second-order valence-corrected chi connectivity index (χ2v) is 5.35. The number of hydrogen-bond donors (Lipinski definition) is 1. The highest BCUT2D eigenvalue weighted by molar-refractivity contribution is 5.31. The Labute approximate surface area is 104 Å². The van der Waals surface area contributed by atoms with Crippen LogP contribution >= 0.6 is 0 Å². The molecule has 0 atom stereocenters. The van der Waals surface area contributed by atoms with Crippen molar-refractivity contribution >= 4 is 0 Å². The average molecular weight is 230 g/mol. The molecular weight excluding hydrogens is 208 g/mol. The summed E-state index contributed by atoms with van der Waals surface area (Å²) in [7, 11) is 0. The maximum atomic E-state index is 3.42. The van der Waals surface area contributed by atoms with E-state index in [1.54, 1.807) is 11.1 Å². The highest BCUT2D eigenvalue weighted by Crippen LogP contribution is 2.38. The predicted molar refractivity (Wildman–Crippen MR) is 71.2 cm³/mol. The molecule has 1 heterocycles. The first-order valence-corrected chi connectivity index (χ1v) is 6.94. The van der Waals surface area contributed by atoms with Gasteiger partial charge in [-0.25, -0.2) is 0 Å². The van der Waals surface area contributed by atoms with E-state index in [9.17, 15) is 0 Å². The van der Waals surface area contributed by atoms with E-state index in [1.807, 2.05) is 0 Å². The highest BCUT2D eigenvalue weighted by Gasteiger charge is 2.22. The summed E-state index contributed by atoms with van der Waals surface area (Å²) < 4.78 is 0. The van der Waals surface area contributed by atoms with Gasteiger partial charge in [0.15, 0.2) is 0 Å². The number of nitrogens with zero attached hydrogens (tertiary/aromatic N) is 1. The largest absolute Gasteiger partial charge is 0.314 e. The third kappa shape index (κ3) is 2.53. The zero-order valence-corrected chi connectivity index (χ0v) is 10.5. The van der Waals surface area contributed by atoms with Crippen molar-refractivity contribution in [2.24, 2.45) is 0 Å². The molecule has 2 heteroatoms. The van der Waals surface area contributed by atoms with Crippen LogP contribution in [0.25, 0.3) is 0 Å². The maximum absolute atomic E-state index is 3.42. The van der Waals surface area contributed by atoms with Crippen LogP contribution in [0.2, 0.25) is 0 Å². The van der Waals surface area contributed by atoms with E-state index in [-0.39, 0.29) is 0 Å².